The van der Waals surface area contributed by atoms with Gasteiger partial charge in [0.1, 0.15) is 11.4 Å². The summed E-state index contributed by atoms with van der Waals surface area (Å²) in [6.07, 6.45) is -0.487. The Morgan fingerprint density at radius 3 is 2.54 bits per heavy atom. The number of carbonyl (C=O) groups is 2. The molecule has 140 valence electrons. The van der Waals surface area contributed by atoms with E-state index in [9.17, 15) is 22.8 Å². The van der Waals surface area contributed by atoms with E-state index in [4.69, 9.17) is 0 Å². The second-order valence-corrected chi connectivity index (χ2v) is 6.00. The monoisotopic (exact) mass is 370 g/mol. The van der Waals surface area contributed by atoms with Gasteiger partial charge < -0.3 is 10.2 Å². The number of carbonyl (C=O) groups excluding carboxylic acids is 2. The molecular formula is C15H17F3N6O2. The minimum atomic E-state index is -4.63. The summed E-state index contributed by atoms with van der Waals surface area (Å²) in [5.41, 5.74) is -1.26. The summed E-state index contributed by atoms with van der Waals surface area (Å²) in [6.45, 7) is 1.23. The fourth-order valence-electron chi connectivity index (χ4n) is 2.80. The van der Waals surface area contributed by atoms with E-state index in [1.807, 2.05) is 0 Å². The van der Waals surface area contributed by atoms with Crippen LogP contribution in [0.15, 0.2) is 12.3 Å². The molecule has 1 saturated heterocycles. The van der Waals surface area contributed by atoms with Gasteiger partial charge in [-0.05, 0) is 19.3 Å². The zero-order chi connectivity index (χ0) is 18.9. The summed E-state index contributed by atoms with van der Waals surface area (Å²) in [5, 5.41) is 11.5. The maximum atomic E-state index is 12.7. The highest BCUT2D eigenvalue weighted by molar-refractivity contribution is 6.07. The second kappa shape index (κ2) is 6.81. The number of alkyl halides is 3. The lowest BCUT2D eigenvalue weighted by Gasteiger charge is -2.27. The molecule has 26 heavy (non-hydrogen) atoms. The van der Waals surface area contributed by atoms with Gasteiger partial charge in [-0.1, -0.05) is 0 Å². The third kappa shape index (κ3) is 3.55. The lowest BCUT2D eigenvalue weighted by atomic mass is 10.1. The van der Waals surface area contributed by atoms with Crippen molar-refractivity contribution in [2.45, 2.75) is 25.4 Å². The van der Waals surface area contributed by atoms with Crippen LogP contribution < -0.4 is 5.32 Å². The number of amides is 2. The number of aryl methyl sites for hydroxylation is 1. The average Bonchev–Trinajstić information content (AvgIpc) is 3.22. The number of hydrogen-bond acceptors (Lipinski definition) is 4. The Labute approximate surface area is 146 Å². The number of anilines is 1. The Balaban J connectivity index is 1.79. The van der Waals surface area contributed by atoms with E-state index < -0.39 is 23.5 Å². The first-order valence-corrected chi connectivity index (χ1v) is 8.02. The number of piperidine rings is 1. The Hall–Kier alpha value is -2.85. The van der Waals surface area contributed by atoms with Gasteiger partial charge in [-0.3, -0.25) is 19.4 Å². The van der Waals surface area contributed by atoms with Crippen molar-refractivity contribution in [2.75, 3.05) is 18.4 Å². The van der Waals surface area contributed by atoms with Crippen molar-refractivity contribution in [2.24, 2.45) is 7.05 Å². The molecule has 11 heteroatoms. The smallest absolute Gasteiger partial charge is 0.337 e. The first kappa shape index (κ1) is 18.0. The van der Waals surface area contributed by atoms with Gasteiger partial charge in [0.25, 0.3) is 11.8 Å². The lowest BCUT2D eigenvalue weighted by Crippen LogP contribution is -2.37. The Morgan fingerprint density at radius 2 is 1.92 bits per heavy atom. The third-order valence-corrected chi connectivity index (χ3v) is 4.15. The number of nitrogens with one attached hydrogen (secondary N) is 2. The number of halogens is 3. The van der Waals surface area contributed by atoms with Gasteiger partial charge in [-0.2, -0.15) is 23.4 Å². The summed E-state index contributed by atoms with van der Waals surface area (Å²) in [4.78, 5) is 26.6. The molecule has 3 rings (SSSR count). The molecule has 3 heterocycles. The van der Waals surface area contributed by atoms with Crippen LogP contribution in [0, 0.1) is 0 Å². The molecule has 0 atom stereocenters. The summed E-state index contributed by atoms with van der Waals surface area (Å²) in [5.74, 6) is -1.14. The lowest BCUT2D eigenvalue weighted by molar-refractivity contribution is -0.141. The molecule has 0 saturated carbocycles. The highest BCUT2D eigenvalue weighted by Gasteiger charge is 2.34. The van der Waals surface area contributed by atoms with Crippen LogP contribution in [0.2, 0.25) is 0 Å². The Morgan fingerprint density at radius 1 is 1.23 bits per heavy atom. The maximum absolute atomic E-state index is 12.7. The van der Waals surface area contributed by atoms with Crippen LogP contribution in [0.3, 0.4) is 0 Å². The summed E-state index contributed by atoms with van der Waals surface area (Å²) < 4.78 is 39.1. The Bertz CT molecular complexity index is 820. The van der Waals surface area contributed by atoms with Crippen LogP contribution in [0.4, 0.5) is 18.9 Å². The first-order valence-electron chi connectivity index (χ1n) is 8.02. The average molecular weight is 370 g/mol. The maximum Gasteiger partial charge on any atom is 0.432 e. The summed E-state index contributed by atoms with van der Waals surface area (Å²) in [6, 6.07) is 0.609. The van der Waals surface area contributed by atoms with Crippen molar-refractivity contribution in [3.8, 4) is 0 Å². The zero-order valence-electron chi connectivity index (χ0n) is 13.9. The van der Waals surface area contributed by atoms with Crippen molar-refractivity contribution in [1.82, 2.24) is 24.9 Å². The number of H-pyrrole nitrogens is 1. The van der Waals surface area contributed by atoms with Gasteiger partial charge in [0.2, 0.25) is 0 Å². The molecule has 0 radical (unpaired) electrons. The van der Waals surface area contributed by atoms with Crippen LogP contribution in [-0.2, 0) is 13.2 Å². The zero-order valence-corrected chi connectivity index (χ0v) is 13.9. The van der Waals surface area contributed by atoms with E-state index in [-0.39, 0.29) is 17.3 Å². The molecule has 0 unspecified atom stereocenters. The molecule has 0 aliphatic carbocycles. The molecule has 1 aliphatic heterocycles. The number of rotatable bonds is 3. The standard InChI is InChI=1S/C15H17F3N6O2/c1-23-12(14(26)24-5-3-2-4-6-24)10(8-19-23)20-13(25)9-7-11(22-21-9)15(16,17)18/h7-8H,2-6H2,1H3,(H,20,25)(H,21,22). The molecule has 2 N–H and O–H groups in total. The number of aromatic amines is 1. The molecule has 2 aromatic heterocycles. The van der Waals surface area contributed by atoms with Crippen LogP contribution in [0.5, 0.6) is 0 Å². The number of hydrogen-bond donors (Lipinski definition) is 2. The topological polar surface area (TPSA) is 95.9 Å². The molecular weight excluding hydrogens is 353 g/mol. The van der Waals surface area contributed by atoms with Gasteiger partial charge in [-0.25, -0.2) is 0 Å². The van der Waals surface area contributed by atoms with Gasteiger partial charge >= 0.3 is 6.18 Å². The molecule has 1 aliphatic rings. The van der Waals surface area contributed by atoms with E-state index in [2.05, 4.69) is 15.5 Å². The first-order chi connectivity index (χ1) is 12.3. The predicted octanol–water partition coefficient (Wildman–Crippen LogP) is 2.04. The molecule has 0 bridgehead atoms. The molecule has 0 spiro atoms. The number of aromatic nitrogens is 4. The van der Waals surface area contributed by atoms with Crippen LogP contribution in [-0.4, -0.2) is 49.8 Å². The number of nitrogens with zero attached hydrogens (tertiary/aromatic N) is 4. The predicted molar refractivity (Wildman–Crippen MR) is 84.5 cm³/mol. The van der Waals surface area contributed by atoms with Gasteiger partial charge in [0.15, 0.2) is 5.69 Å². The van der Waals surface area contributed by atoms with E-state index in [0.29, 0.717) is 19.2 Å². The summed E-state index contributed by atoms with van der Waals surface area (Å²) in [7, 11) is 1.56. The molecule has 2 aromatic rings. The number of likely N-dealkylation sites (tertiary alicyclic amines) is 1. The van der Waals surface area contributed by atoms with Crippen molar-refractivity contribution >= 4 is 17.5 Å². The van der Waals surface area contributed by atoms with Crippen LogP contribution in [0.1, 0.15) is 45.9 Å². The van der Waals surface area contributed by atoms with E-state index in [0.717, 1.165) is 19.3 Å². The van der Waals surface area contributed by atoms with Crippen molar-refractivity contribution in [1.29, 1.82) is 0 Å². The van der Waals surface area contributed by atoms with Crippen molar-refractivity contribution in [3.63, 3.8) is 0 Å². The van der Waals surface area contributed by atoms with Gasteiger partial charge in [-0.15, -0.1) is 0 Å². The van der Waals surface area contributed by atoms with Gasteiger partial charge in [0.05, 0.1) is 11.9 Å². The van der Waals surface area contributed by atoms with E-state index in [1.165, 1.54) is 10.9 Å². The fourth-order valence-corrected chi connectivity index (χ4v) is 2.80. The quantitative estimate of drug-likeness (QED) is 0.864. The third-order valence-electron chi connectivity index (χ3n) is 4.15. The SMILES string of the molecule is Cn1ncc(NC(=O)c2cc(C(F)(F)F)[nH]n2)c1C(=O)N1CCCCC1. The van der Waals surface area contributed by atoms with Gasteiger partial charge in [0, 0.05) is 26.2 Å². The highest BCUT2D eigenvalue weighted by Crippen LogP contribution is 2.28. The normalized spacial score (nSPS) is 15.2. The minimum Gasteiger partial charge on any atom is -0.337 e. The van der Waals surface area contributed by atoms with E-state index >= 15 is 0 Å². The Kier molecular flexibility index (Phi) is 4.70. The second-order valence-electron chi connectivity index (χ2n) is 6.00. The van der Waals surface area contributed by atoms with Crippen LogP contribution in [0.25, 0.3) is 0 Å². The van der Waals surface area contributed by atoms with Crippen molar-refractivity contribution in [3.05, 3.63) is 29.3 Å². The highest BCUT2D eigenvalue weighted by atomic mass is 19.4. The molecule has 1 fully saturated rings. The molecule has 8 nitrogen and oxygen atoms in total. The summed E-state index contributed by atoms with van der Waals surface area (Å²) >= 11 is 0. The largest absolute Gasteiger partial charge is 0.432 e. The van der Waals surface area contributed by atoms with Crippen LogP contribution >= 0.6 is 0 Å². The van der Waals surface area contributed by atoms with Crippen molar-refractivity contribution < 1.29 is 22.8 Å². The molecule has 0 aromatic carbocycles. The van der Waals surface area contributed by atoms with E-state index in [1.54, 1.807) is 17.0 Å². The molecule has 2 amide bonds. The minimum absolute atomic E-state index is 0.129. The fraction of sp³-hybridized carbons (Fsp3) is 0.467.